The van der Waals surface area contributed by atoms with Crippen LogP contribution >= 0.6 is 0 Å². The van der Waals surface area contributed by atoms with Crippen LogP contribution in [0.1, 0.15) is 25.8 Å². The monoisotopic (exact) mass is 327 g/mol. The molecule has 0 aliphatic carbocycles. The van der Waals surface area contributed by atoms with Crippen molar-refractivity contribution in [3.05, 3.63) is 54.1 Å². The number of hydrogen-bond acceptors (Lipinski definition) is 3. The third-order valence-corrected chi connectivity index (χ3v) is 3.58. The van der Waals surface area contributed by atoms with Crippen LogP contribution in [0.25, 0.3) is 0 Å². The zero-order valence-corrected chi connectivity index (χ0v) is 14.5. The summed E-state index contributed by atoms with van der Waals surface area (Å²) in [6.45, 7) is 6.97. The van der Waals surface area contributed by atoms with Crippen LogP contribution in [0.2, 0.25) is 0 Å². The Kier molecular flexibility index (Phi) is 6.67. The van der Waals surface area contributed by atoms with Gasteiger partial charge in [-0.05, 0) is 55.2 Å². The van der Waals surface area contributed by atoms with Crippen molar-refractivity contribution in [3.8, 4) is 11.5 Å². The molecule has 0 atom stereocenters. The molecule has 128 valence electrons. The molecule has 0 aliphatic rings. The van der Waals surface area contributed by atoms with Gasteiger partial charge in [-0.15, -0.1) is 0 Å². The number of rotatable bonds is 8. The first-order valence-corrected chi connectivity index (χ1v) is 8.25. The minimum Gasteiger partial charge on any atom is -0.494 e. The Labute approximate surface area is 143 Å². The Morgan fingerprint density at radius 2 is 1.62 bits per heavy atom. The van der Waals surface area contributed by atoms with Crippen LogP contribution < -0.4 is 14.8 Å². The molecule has 0 heterocycles. The van der Waals surface area contributed by atoms with Crippen molar-refractivity contribution in [1.82, 2.24) is 0 Å². The average molecular weight is 327 g/mol. The summed E-state index contributed by atoms with van der Waals surface area (Å²) in [6.07, 6.45) is 1.03. The number of amides is 1. The van der Waals surface area contributed by atoms with Crippen LogP contribution in [0.15, 0.2) is 48.5 Å². The van der Waals surface area contributed by atoms with E-state index >= 15 is 0 Å². The molecule has 0 aromatic heterocycles. The number of nitrogens with one attached hydrogen (secondary N) is 1. The van der Waals surface area contributed by atoms with Crippen molar-refractivity contribution in [3.63, 3.8) is 0 Å². The SMILES string of the molecule is Cc1ccccc1NC(=O)COc1ccc(OCCC(C)C)cc1. The molecule has 24 heavy (non-hydrogen) atoms. The number of benzene rings is 2. The van der Waals surface area contributed by atoms with Gasteiger partial charge in [0.15, 0.2) is 6.61 Å². The molecule has 2 aromatic carbocycles. The molecule has 2 rings (SSSR count). The zero-order valence-electron chi connectivity index (χ0n) is 14.5. The smallest absolute Gasteiger partial charge is 0.262 e. The summed E-state index contributed by atoms with van der Waals surface area (Å²) >= 11 is 0. The predicted octanol–water partition coefficient (Wildman–Crippen LogP) is 4.44. The van der Waals surface area contributed by atoms with E-state index in [0.29, 0.717) is 18.3 Å². The lowest BCUT2D eigenvalue weighted by molar-refractivity contribution is -0.118. The quantitative estimate of drug-likeness (QED) is 0.780. The summed E-state index contributed by atoms with van der Waals surface area (Å²) in [6, 6.07) is 15.0. The van der Waals surface area contributed by atoms with Gasteiger partial charge in [0.2, 0.25) is 0 Å². The molecule has 1 N–H and O–H groups in total. The fraction of sp³-hybridized carbons (Fsp3) is 0.350. The van der Waals surface area contributed by atoms with Crippen LogP contribution in [-0.2, 0) is 4.79 Å². The van der Waals surface area contributed by atoms with Crippen molar-refractivity contribution < 1.29 is 14.3 Å². The van der Waals surface area contributed by atoms with Gasteiger partial charge in [0.05, 0.1) is 6.61 Å². The summed E-state index contributed by atoms with van der Waals surface area (Å²) in [7, 11) is 0. The van der Waals surface area contributed by atoms with Crippen LogP contribution in [-0.4, -0.2) is 19.1 Å². The number of carbonyl (C=O) groups is 1. The molecule has 0 spiro atoms. The van der Waals surface area contributed by atoms with E-state index in [2.05, 4.69) is 19.2 Å². The lowest BCUT2D eigenvalue weighted by atomic mass is 10.1. The number of carbonyl (C=O) groups excluding carboxylic acids is 1. The number of ether oxygens (including phenoxy) is 2. The van der Waals surface area contributed by atoms with Crippen LogP contribution in [0, 0.1) is 12.8 Å². The molecule has 4 nitrogen and oxygen atoms in total. The van der Waals surface area contributed by atoms with Crippen molar-refractivity contribution in [2.24, 2.45) is 5.92 Å². The maximum absolute atomic E-state index is 11.9. The summed E-state index contributed by atoms with van der Waals surface area (Å²) in [5.74, 6) is 1.90. The largest absolute Gasteiger partial charge is 0.494 e. The first-order chi connectivity index (χ1) is 11.5. The fourth-order valence-electron chi connectivity index (χ4n) is 2.09. The molecular weight excluding hydrogens is 302 g/mol. The number of aryl methyl sites for hydroxylation is 1. The Hall–Kier alpha value is -2.49. The van der Waals surface area contributed by atoms with Gasteiger partial charge in [-0.1, -0.05) is 32.0 Å². The molecule has 1 amide bonds. The van der Waals surface area contributed by atoms with Gasteiger partial charge in [0.1, 0.15) is 11.5 Å². The van der Waals surface area contributed by atoms with Gasteiger partial charge in [-0.25, -0.2) is 0 Å². The van der Waals surface area contributed by atoms with Gasteiger partial charge in [-0.3, -0.25) is 4.79 Å². The highest BCUT2D eigenvalue weighted by Crippen LogP contribution is 2.18. The molecule has 0 unspecified atom stereocenters. The van der Waals surface area contributed by atoms with E-state index in [1.807, 2.05) is 55.5 Å². The molecular formula is C20H25NO3. The highest BCUT2D eigenvalue weighted by Gasteiger charge is 2.05. The molecule has 0 bridgehead atoms. The Morgan fingerprint density at radius 3 is 2.25 bits per heavy atom. The number of anilines is 1. The molecule has 0 radical (unpaired) electrons. The molecule has 0 aliphatic heterocycles. The second-order valence-corrected chi connectivity index (χ2v) is 6.15. The highest BCUT2D eigenvalue weighted by atomic mass is 16.5. The number of hydrogen-bond donors (Lipinski definition) is 1. The minimum absolute atomic E-state index is 0.0259. The molecule has 4 heteroatoms. The van der Waals surface area contributed by atoms with Crippen molar-refractivity contribution in [1.29, 1.82) is 0 Å². The van der Waals surface area contributed by atoms with Gasteiger partial charge >= 0.3 is 0 Å². The Morgan fingerprint density at radius 1 is 1.00 bits per heavy atom. The van der Waals surface area contributed by atoms with E-state index in [4.69, 9.17) is 9.47 Å². The molecule has 2 aromatic rings. The summed E-state index contributed by atoms with van der Waals surface area (Å²) in [4.78, 5) is 11.9. The maximum atomic E-state index is 11.9. The molecule has 0 saturated carbocycles. The first kappa shape index (κ1) is 17.9. The van der Waals surface area contributed by atoms with E-state index in [-0.39, 0.29) is 12.5 Å². The average Bonchev–Trinajstić information content (AvgIpc) is 2.56. The van der Waals surface area contributed by atoms with Crippen LogP contribution in [0.5, 0.6) is 11.5 Å². The highest BCUT2D eigenvalue weighted by molar-refractivity contribution is 5.92. The topological polar surface area (TPSA) is 47.6 Å². The first-order valence-electron chi connectivity index (χ1n) is 8.25. The standard InChI is InChI=1S/C20H25NO3/c1-15(2)12-13-23-17-8-10-18(11-9-17)24-14-20(22)21-19-7-5-4-6-16(19)3/h4-11,15H,12-14H2,1-3H3,(H,21,22). The molecule has 0 fully saturated rings. The van der Waals surface area contributed by atoms with Gasteiger partial charge < -0.3 is 14.8 Å². The van der Waals surface area contributed by atoms with Gasteiger partial charge in [-0.2, -0.15) is 0 Å². The van der Waals surface area contributed by atoms with Crippen LogP contribution in [0.4, 0.5) is 5.69 Å². The van der Waals surface area contributed by atoms with E-state index in [1.165, 1.54) is 0 Å². The van der Waals surface area contributed by atoms with Gasteiger partial charge in [0.25, 0.3) is 5.91 Å². The van der Waals surface area contributed by atoms with E-state index in [1.54, 1.807) is 0 Å². The third kappa shape index (κ3) is 5.95. The Balaban J connectivity index is 1.77. The fourth-order valence-corrected chi connectivity index (χ4v) is 2.09. The van der Waals surface area contributed by atoms with E-state index in [0.717, 1.165) is 23.4 Å². The lowest BCUT2D eigenvalue weighted by Gasteiger charge is -2.11. The maximum Gasteiger partial charge on any atom is 0.262 e. The van der Waals surface area contributed by atoms with E-state index in [9.17, 15) is 4.79 Å². The summed E-state index contributed by atoms with van der Waals surface area (Å²) in [5.41, 5.74) is 1.83. The second kappa shape index (κ2) is 8.96. The van der Waals surface area contributed by atoms with Gasteiger partial charge in [0, 0.05) is 5.69 Å². The van der Waals surface area contributed by atoms with Crippen molar-refractivity contribution in [2.45, 2.75) is 27.2 Å². The van der Waals surface area contributed by atoms with Crippen molar-refractivity contribution >= 4 is 11.6 Å². The zero-order chi connectivity index (χ0) is 17.4. The summed E-state index contributed by atoms with van der Waals surface area (Å²) < 4.78 is 11.2. The summed E-state index contributed by atoms with van der Waals surface area (Å²) in [5, 5.41) is 2.84. The lowest BCUT2D eigenvalue weighted by Crippen LogP contribution is -2.20. The molecule has 0 saturated heterocycles. The predicted molar refractivity (Wildman–Crippen MR) is 96.7 cm³/mol. The van der Waals surface area contributed by atoms with Crippen LogP contribution in [0.3, 0.4) is 0 Å². The van der Waals surface area contributed by atoms with E-state index < -0.39 is 0 Å². The minimum atomic E-state index is -0.179. The normalized spacial score (nSPS) is 10.5. The Bertz CT molecular complexity index is 650. The second-order valence-electron chi connectivity index (χ2n) is 6.15. The van der Waals surface area contributed by atoms with Crippen molar-refractivity contribution in [2.75, 3.05) is 18.5 Å². The third-order valence-electron chi connectivity index (χ3n) is 3.58. The number of para-hydroxylation sites is 1.